The summed E-state index contributed by atoms with van der Waals surface area (Å²) >= 11 is 0. The Morgan fingerprint density at radius 2 is 1.89 bits per heavy atom. The Morgan fingerprint density at radius 1 is 1.16 bits per heavy atom. The van der Waals surface area contributed by atoms with Gasteiger partial charge in [-0.25, -0.2) is 0 Å². The second kappa shape index (κ2) is 8.23. The molecule has 0 aromatic heterocycles. The summed E-state index contributed by atoms with van der Waals surface area (Å²) in [4.78, 5) is 2.42. The predicted molar refractivity (Wildman–Crippen MR) is 80.5 cm³/mol. The molecule has 0 saturated heterocycles. The van der Waals surface area contributed by atoms with Crippen molar-refractivity contribution in [2.75, 3.05) is 33.4 Å². The third-order valence-electron chi connectivity index (χ3n) is 4.70. The van der Waals surface area contributed by atoms with Crippen LogP contribution in [0.25, 0.3) is 0 Å². The first kappa shape index (κ1) is 15.3. The molecule has 2 rings (SSSR count). The highest BCUT2D eigenvalue weighted by Gasteiger charge is 2.21. The van der Waals surface area contributed by atoms with Gasteiger partial charge in [0, 0.05) is 31.8 Å². The molecule has 2 fully saturated rings. The van der Waals surface area contributed by atoms with Crippen molar-refractivity contribution in [3.05, 3.63) is 0 Å². The highest BCUT2D eigenvalue weighted by molar-refractivity contribution is 4.75. The molecule has 19 heavy (non-hydrogen) atoms. The molecule has 2 aliphatic carbocycles. The fourth-order valence-electron chi connectivity index (χ4n) is 2.76. The van der Waals surface area contributed by atoms with Crippen LogP contribution < -0.4 is 5.32 Å². The maximum absolute atomic E-state index is 5.71. The molecule has 1 unspecified atom stereocenters. The van der Waals surface area contributed by atoms with E-state index in [1.165, 1.54) is 44.9 Å². The summed E-state index contributed by atoms with van der Waals surface area (Å²) < 4.78 is 5.71. The molecule has 0 bridgehead atoms. The summed E-state index contributed by atoms with van der Waals surface area (Å²) in [6, 6.07) is 1.38. The molecule has 0 heterocycles. The van der Waals surface area contributed by atoms with Crippen LogP contribution in [0.2, 0.25) is 0 Å². The monoisotopic (exact) mass is 268 g/mol. The van der Waals surface area contributed by atoms with Crippen LogP contribution >= 0.6 is 0 Å². The van der Waals surface area contributed by atoms with Gasteiger partial charge in [-0.1, -0.05) is 19.3 Å². The lowest BCUT2D eigenvalue weighted by atomic mass is 9.95. The smallest absolute Gasteiger partial charge is 0.0593 e. The second-order valence-corrected chi connectivity index (χ2v) is 6.59. The lowest BCUT2D eigenvalue weighted by molar-refractivity contribution is 0.0927. The van der Waals surface area contributed by atoms with E-state index < -0.39 is 0 Å². The van der Waals surface area contributed by atoms with E-state index in [4.69, 9.17) is 4.74 Å². The number of likely N-dealkylation sites (N-methyl/N-ethyl adjacent to an activating group) is 1. The van der Waals surface area contributed by atoms with E-state index in [2.05, 4.69) is 24.2 Å². The van der Waals surface area contributed by atoms with Gasteiger partial charge in [0.2, 0.25) is 0 Å². The molecule has 0 aliphatic heterocycles. The van der Waals surface area contributed by atoms with E-state index in [9.17, 15) is 0 Å². The van der Waals surface area contributed by atoms with Gasteiger partial charge in [0.05, 0.1) is 6.61 Å². The molecule has 0 aromatic carbocycles. The van der Waals surface area contributed by atoms with Crippen LogP contribution in [0.5, 0.6) is 0 Å². The quantitative estimate of drug-likeness (QED) is 0.651. The van der Waals surface area contributed by atoms with Crippen LogP contribution in [0.4, 0.5) is 0 Å². The van der Waals surface area contributed by atoms with Crippen molar-refractivity contribution in [1.82, 2.24) is 10.2 Å². The van der Waals surface area contributed by atoms with Gasteiger partial charge in [-0.15, -0.1) is 0 Å². The molecule has 1 N–H and O–H groups in total. The largest absolute Gasteiger partial charge is 0.380 e. The van der Waals surface area contributed by atoms with E-state index >= 15 is 0 Å². The third kappa shape index (κ3) is 6.24. The van der Waals surface area contributed by atoms with Crippen molar-refractivity contribution in [2.24, 2.45) is 5.92 Å². The first-order valence-corrected chi connectivity index (χ1v) is 8.27. The van der Waals surface area contributed by atoms with Crippen LogP contribution in [0, 0.1) is 5.92 Å². The lowest BCUT2D eigenvalue weighted by Gasteiger charge is -2.29. The fourth-order valence-corrected chi connectivity index (χ4v) is 2.76. The lowest BCUT2D eigenvalue weighted by Crippen LogP contribution is -2.43. The van der Waals surface area contributed by atoms with Crippen molar-refractivity contribution in [2.45, 2.75) is 64.0 Å². The van der Waals surface area contributed by atoms with E-state index in [0.29, 0.717) is 6.04 Å². The van der Waals surface area contributed by atoms with Gasteiger partial charge < -0.3 is 15.0 Å². The SMILES string of the molecule is CC(CNC1CCCCC1)N(C)CCOCC1CC1. The summed E-state index contributed by atoms with van der Waals surface area (Å²) in [5.74, 6) is 0.885. The minimum absolute atomic E-state index is 0.603. The molecule has 0 aromatic rings. The molecule has 0 spiro atoms. The Balaban J connectivity index is 1.49. The molecular weight excluding hydrogens is 236 g/mol. The maximum atomic E-state index is 5.71. The molecule has 1 atom stereocenters. The van der Waals surface area contributed by atoms with Crippen LogP contribution in [-0.2, 0) is 4.74 Å². The Labute approximate surface area is 119 Å². The van der Waals surface area contributed by atoms with Gasteiger partial charge in [-0.2, -0.15) is 0 Å². The van der Waals surface area contributed by atoms with Crippen LogP contribution in [-0.4, -0.2) is 50.3 Å². The molecule has 0 radical (unpaired) electrons. The summed E-state index contributed by atoms with van der Waals surface area (Å²) in [7, 11) is 2.22. The normalized spacial score (nSPS) is 22.9. The van der Waals surface area contributed by atoms with Crippen molar-refractivity contribution >= 4 is 0 Å². The number of hydrogen-bond donors (Lipinski definition) is 1. The van der Waals surface area contributed by atoms with Crippen LogP contribution in [0.15, 0.2) is 0 Å². The van der Waals surface area contributed by atoms with Crippen molar-refractivity contribution in [3.63, 3.8) is 0 Å². The maximum Gasteiger partial charge on any atom is 0.0593 e. The van der Waals surface area contributed by atoms with Crippen LogP contribution in [0.1, 0.15) is 51.9 Å². The van der Waals surface area contributed by atoms with Gasteiger partial charge in [-0.05, 0) is 45.6 Å². The average molecular weight is 268 g/mol. The van der Waals surface area contributed by atoms with Crippen molar-refractivity contribution < 1.29 is 4.74 Å². The number of ether oxygens (including phenoxy) is 1. The number of nitrogens with one attached hydrogen (secondary N) is 1. The van der Waals surface area contributed by atoms with Gasteiger partial charge >= 0.3 is 0 Å². The Hall–Kier alpha value is -0.120. The highest BCUT2D eigenvalue weighted by atomic mass is 16.5. The standard InChI is InChI=1S/C16H32N2O/c1-14(12-17-16-6-4-3-5-7-16)18(2)10-11-19-13-15-8-9-15/h14-17H,3-13H2,1-2H3. The molecule has 0 amide bonds. The number of hydrogen-bond acceptors (Lipinski definition) is 3. The zero-order chi connectivity index (χ0) is 13.5. The molecule has 2 aliphatic rings. The highest BCUT2D eigenvalue weighted by Crippen LogP contribution is 2.28. The van der Waals surface area contributed by atoms with Crippen LogP contribution in [0.3, 0.4) is 0 Å². The fraction of sp³-hybridized carbons (Fsp3) is 1.00. The van der Waals surface area contributed by atoms with Gasteiger partial charge in [0.15, 0.2) is 0 Å². The summed E-state index contributed by atoms with van der Waals surface area (Å²) in [6.45, 7) is 6.37. The molecular formula is C16H32N2O. The Morgan fingerprint density at radius 3 is 2.58 bits per heavy atom. The topological polar surface area (TPSA) is 24.5 Å². The van der Waals surface area contributed by atoms with E-state index in [0.717, 1.165) is 38.3 Å². The van der Waals surface area contributed by atoms with Crippen molar-refractivity contribution in [3.8, 4) is 0 Å². The van der Waals surface area contributed by atoms with Gasteiger partial charge in [-0.3, -0.25) is 0 Å². The van der Waals surface area contributed by atoms with Gasteiger partial charge in [0.25, 0.3) is 0 Å². The minimum atomic E-state index is 0.603. The summed E-state index contributed by atoms with van der Waals surface area (Å²) in [5, 5.41) is 3.74. The number of rotatable bonds is 9. The minimum Gasteiger partial charge on any atom is -0.380 e. The molecule has 3 heteroatoms. The van der Waals surface area contributed by atoms with Gasteiger partial charge in [0.1, 0.15) is 0 Å². The first-order chi connectivity index (χ1) is 9.25. The molecule has 3 nitrogen and oxygen atoms in total. The van der Waals surface area contributed by atoms with E-state index in [1.54, 1.807) is 0 Å². The first-order valence-electron chi connectivity index (χ1n) is 8.27. The summed E-state index contributed by atoms with van der Waals surface area (Å²) in [5.41, 5.74) is 0. The average Bonchev–Trinajstić information content (AvgIpc) is 3.26. The third-order valence-corrected chi connectivity index (χ3v) is 4.70. The van der Waals surface area contributed by atoms with E-state index in [-0.39, 0.29) is 0 Å². The second-order valence-electron chi connectivity index (χ2n) is 6.59. The van der Waals surface area contributed by atoms with Crippen molar-refractivity contribution in [1.29, 1.82) is 0 Å². The molecule has 2 saturated carbocycles. The number of nitrogens with zero attached hydrogens (tertiary/aromatic N) is 1. The Kier molecular flexibility index (Phi) is 6.62. The van der Waals surface area contributed by atoms with E-state index in [1.807, 2.05) is 0 Å². The summed E-state index contributed by atoms with van der Waals surface area (Å²) in [6.07, 6.45) is 9.79. The zero-order valence-electron chi connectivity index (χ0n) is 12.9. The zero-order valence-corrected chi connectivity index (χ0v) is 12.9. The predicted octanol–water partition coefficient (Wildman–Crippen LogP) is 2.66. The molecule has 112 valence electrons. The Bertz CT molecular complexity index is 237.